The summed E-state index contributed by atoms with van der Waals surface area (Å²) in [5, 5.41) is 3.23. The third-order valence-corrected chi connectivity index (χ3v) is 6.34. The second kappa shape index (κ2) is 5.54. The van der Waals surface area contributed by atoms with Crippen molar-refractivity contribution in [1.29, 1.82) is 0 Å². The highest BCUT2D eigenvalue weighted by molar-refractivity contribution is 7.21. The van der Waals surface area contributed by atoms with E-state index < -0.39 is 23.3 Å². The van der Waals surface area contributed by atoms with E-state index in [1.807, 2.05) is 0 Å². The zero-order valence-electron chi connectivity index (χ0n) is 13.1. The van der Waals surface area contributed by atoms with Crippen LogP contribution >= 0.6 is 22.9 Å². The average Bonchev–Trinajstić information content (AvgIpc) is 3.23. The van der Waals surface area contributed by atoms with E-state index in [0.717, 1.165) is 17.4 Å². The van der Waals surface area contributed by atoms with Crippen LogP contribution in [-0.4, -0.2) is 42.1 Å². The van der Waals surface area contributed by atoms with E-state index in [1.54, 1.807) is 11.8 Å². The normalized spacial score (nSPS) is 22.7. The number of halogens is 3. The van der Waals surface area contributed by atoms with Gasteiger partial charge in [-0.3, -0.25) is 4.79 Å². The number of nitrogens with zero attached hydrogens (tertiary/aromatic N) is 1. The minimum Gasteiger partial charge on any atom is -0.447 e. The molecule has 0 saturated carbocycles. The van der Waals surface area contributed by atoms with Crippen molar-refractivity contribution in [3.8, 4) is 0 Å². The molecule has 2 amide bonds. The third-order valence-electron chi connectivity index (χ3n) is 4.68. The molecule has 9 heteroatoms. The number of benzene rings is 1. The Bertz CT molecular complexity index is 932. The molecule has 1 atom stereocenters. The molecule has 2 saturated heterocycles. The number of likely N-dealkylation sites (tertiary alicyclic amines) is 1. The predicted octanol–water partition coefficient (Wildman–Crippen LogP) is 3.47. The highest BCUT2D eigenvalue weighted by Crippen LogP contribution is 2.41. The molecule has 1 unspecified atom stereocenters. The van der Waals surface area contributed by atoms with Gasteiger partial charge in [0.2, 0.25) is 0 Å². The number of aryl methyl sites for hydroxylation is 1. The molecule has 2 fully saturated rings. The molecule has 25 heavy (non-hydrogen) atoms. The minimum atomic E-state index is -0.999. The van der Waals surface area contributed by atoms with Crippen LogP contribution in [0.25, 0.3) is 10.1 Å². The first kappa shape index (κ1) is 16.5. The molecule has 3 heterocycles. The first-order chi connectivity index (χ1) is 11.8. The fraction of sp³-hybridized carbons (Fsp3) is 0.375. The van der Waals surface area contributed by atoms with Crippen molar-refractivity contribution in [2.75, 3.05) is 19.7 Å². The van der Waals surface area contributed by atoms with E-state index >= 15 is 0 Å². The van der Waals surface area contributed by atoms with Gasteiger partial charge in [-0.05, 0) is 25.0 Å². The first-order valence-electron chi connectivity index (χ1n) is 7.62. The van der Waals surface area contributed by atoms with E-state index in [0.29, 0.717) is 23.9 Å². The molecule has 0 bridgehead atoms. The lowest BCUT2D eigenvalue weighted by atomic mass is 10.0. The topological polar surface area (TPSA) is 58.6 Å². The number of hydrogen-bond donors (Lipinski definition) is 1. The van der Waals surface area contributed by atoms with Crippen LogP contribution in [-0.2, 0) is 4.74 Å². The summed E-state index contributed by atoms with van der Waals surface area (Å²) >= 11 is 7.16. The maximum atomic E-state index is 14.1. The maximum Gasteiger partial charge on any atom is 0.407 e. The molecule has 5 nitrogen and oxygen atoms in total. The van der Waals surface area contributed by atoms with Gasteiger partial charge in [-0.2, -0.15) is 0 Å². The number of rotatable bonds is 1. The zero-order valence-corrected chi connectivity index (χ0v) is 14.7. The van der Waals surface area contributed by atoms with Crippen LogP contribution < -0.4 is 5.32 Å². The van der Waals surface area contributed by atoms with Crippen molar-refractivity contribution < 1.29 is 23.1 Å². The molecule has 2 aromatic rings. The summed E-state index contributed by atoms with van der Waals surface area (Å²) in [5.41, 5.74) is -0.105. The molecule has 4 rings (SSSR count). The van der Waals surface area contributed by atoms with Crippen molar-refractivity contribution in [2.45, 2.75) is 18.9 Å². The van der Waals surface area contributed by atoms with E-state index in [9.17, 15) is 18.4 Å². The van der Waals surface area contributed by atoms with E-state index in [4.69, 9.17) is 16.3 Å². The molecule has 0 radical (unpaired) electrons. The Morgan fingerprint density at radius 1 is 1.48 bits per heavy atom. The molecule has 132 valence electrons. The molecule has 1 aromatic carbocycles. The van der Waals surface area contributed by atoms with Gasteiger partial charge < -0.3 is 15.0 Å². The Labute approximate surface area is 150 Å². The number of cyclic esters (lactones) is 1. The number of thiophene rings is 1. The lowest BCUT2D eigenvalue weighted by Crippen LogP contribution is -2.46. The Morgan fingerprint density at radius 3 is 2.92 bits per heavy atom. The highest BCUT2D eigenvalue weighted by atomic mass is 35.5. The molecule has 2 aliphatic heterocycles. The lowest BCUT2D eigenvalue weighted by molar-refractivity contribution is 0.0785. The van der Waals surface area contributed by atoms with Crippen molar-refractivity contribution >= 4 is 45.0 Å². The number of hydrogen-bond acceptors (Lipinski definition) is 4. The molecular formula is C16H13ClF2N2O3S. The average molecular weight is 387 g/mol. The maximum absolute atomic E-state index is 14.1. The van der Waals surface area contributed by atoms with Gasteiger partial charge in [-0.1, -0.05) is 11.6 Å². The van der Waals surface area contributed by atoms with Gasteiger partial charge in [0, 0.05) is 18.5 Å². The van der Waals surface area contributed by atoms with Crippen LogP contribution in [0.4, 0.5) is 13.6 Å². The summed E-state index contributed by atoms with van der Waals surface area (Å²) in [7, 11) is 0. The predicted molar refractivity (Wildman–Crippen MR) is 89.2 cm³/mol. The quantitative estimate of drug-likeness (QED) is 0.816. The smallest absolute Gasteiger partial charge is 0.407 e. The van der Waals surface area contributed by atoms with Crippen LogP contribution in [0.2, 0.25) is 5.02 Å². The second-order valence-corrected chi connectivity index (χ2v) is 7.80. The number of carbonyl (C=O) groups excluding carboxylic acids is 2. The van der Waals surface area contributed by atoms with Gasteiger partial charge in [0.05, 0.1) is 15.3 Å². The minimum absolute atomic E-state index is 0.0391. The summed E-state index contributed by atoms with van der Waals surface area (Å²) in [4.78, 5) is 25.9. The molecule has 1 aromatic heterocycles. The number of alkyl carbamates (subject to hydrolysis) is 1. The monoisotopic (exact) mass is 386 g/mol. The molecular weight excluding hydrogens is 374 g/mol. The van der Waals surface area contributed by atoms with Gasteiger partial charge in [-0.25, -0.2) is 13.6 Å². The van der Waals surface area contributed by atoms with E-state index in [2.05, 4.69) is 5.32 Å². The van der Waals surface area contributed by atoms with Crippen molar-refractivity contribution in [1.82, 2.24) is 10.2 Å². The third kappa shape index (κ3) is 2.46. The van der Waals surface area contributed by atoms with Crippen molar-refractivity contribution in [2.24, 2.45) is 0 Å². The van der Waals surface area contributed by atoms with Crippen LogP contribution in [0.1, 0.15) is 21.7 Å². The van der Waals surface area contributed by atoms with Crippen LogP contribution in [0, 0.1) is 18.6 Å². The summed E-state index contributed by atoms with van der Waals surface area (Å²) in [5.74, 6) is -2.32. The number of ether oxygens (including phenoxy) is 1. The fourth-order valence-electron chi connectivity index (χ4n) is 3.39. The van der Waals surface area contributed by atoms with Crippen LogP contribution in [0.5, 0.6) is 0 Å². The van der Waals surface area contributed by atoms with Crippen LogP contribution in [0.3, 0.4) is 0 Å². The van der Waals surface area contributed by atoms with E-state index in [1.165, 1.54) is 0 Å². The van der Waals surface area contributed by atoms with Gasteiger partial charge in [0.15, 0.2) is 11.6 Å². The Kier molecular flexibility index (Phi) is 3.66. The summed E-state index contributed by atoms with van der Waals surface area (Å²) in [6, 6.07) is 1.07. The lowest BCUT2D eigenvalue weighted by Gasteiger charge is -2.21. The number of nitrogens with one attached hydrogen (secondary N) is 1. The number of carbonyl (C=O) groups is 2. The molecule has 1 spiro atoms. The zero-order chi connectivity index (χ0) is 17.9. The number of fused-ring (bicyclic) bond motifs is 1. The second-order valence-electron chi connectivity index (χ2n) is 6.40. The fourth-order valence-corrected chi connectivity index (χ4v) is 5.05. The van der Waals surface area contributed by atoms with Gasteiger partial charge in [0.1, 0.15) is 11.5 Å². The Hall–Kier alpha value is -1.93. The standard InChI is InChI=1S/C16H13ClF2N2O3S/c1-7-4-8(18)11(19)12-9(7)10(17)13(25-12)14(22)21-3-2-16(5-21)6-24-15(23)20-16/h4H,2-3,5-6H2,1H3,(H,20,23). The van der Waals surface area contributed by atoms with Gasteiger partial charge in [-0.15, -0.1) is 11.3 Å². The Balaban J connectivity index is 1.70. The summed E-state index contributed by atoms with van der Waals surface area (Å²) in [6.45, 7) is 2.53. The highest BCUT2D eigenvalue weighted by Gasteiger charge is 2.47. The largest absolute Gasteiger partial charge is 0.447 e. The van der Waals surface area contributed by atoms with Crippen molar-refractivity contribution in [3.05, 3.63) is 33.2 Å². The number of amides is 2. The molecule has 2 aliphatic rings. The van der Waals surface area contributed by atoms with Gasteiger partial charge >= 0.3 is 6.09 Å². The first-order valence-corrected chi connectivity index (χ1v) is 8.81. The van der Waals surface area contributed by atoms with Gasteiger partial charge in [0.25, 0.3) is 5.91 Å². The SMILES string of the molecule is Cc1cc(F)c(F)c2sc(C(=O)N3CCC4(COC(=O)N4)C3)c(Cl)c12. The molecule has 1 N–H and O–H groups in total. The Morgan fingerprint density at radius 2 is 2.24 bits per heavy atom. The van der Waals surface area contributed by atoms with Crippen molar-refractivity contribution in [3.63, 3.8) is 0 Å². The molecule has 0 aliphatic carbocycles. The van der Waals surface area contributed by atoms with Crippen LogP contribution in [0.15, 0.2) is 6.07 Å². The summed E-state index contributed by atoms with van der Waals surface area (Å²) in [6.07, 6.45) is 0.0667. The summed E-state index contributed by atoms with van der Waals surface area (Å²) < 4.78 is 32.7. The van der Waals surface area contributed by atoms with E-state index in [-0.39, 0.29) is 33.7 Å².